The highest BCUT2D eigenvalue weighted by molar-refractivity contribution is 6.09. The molecule has 2 unspecified atom stereocenters. The second-order valence-corrected chi connectivity index (χ2v) is 5.24. The van der Waals surface area contributed by atoms with E-state index < -0.39 is 17.5 Å². The zero-order chi connectivity index (χ0) is 14.7. The first-order chi connectivity index (χ1) is 9.25. The van der Waals surface area contributed by atoms with Gasteiger partial charge in [-0.25, -0.2) is 0 Å². The minimum Gasteiger partial charge on any atom is -0.325 e. The summed E-state index contributed by atoms with van der Waals surface area (Å²) in [5.41, 5.74) is 0.675. The van der Waals surface area contributed by atoms with Gasteiger partial charge < -0.3 is 10.6 Å². The minimum atomic E-state index is -4.93. The summed E-state index contributed by atoms with van der Waals surface area (Å²) in [4.78, 5) is 22.9. The average Bonchev–Trinajstić information content (AvgIpc) is 2.94. The number of rotatable bonds is 1. The van der Waals surface area contributed by atoms with Gasteiger partial charge in [0.15, 0.2) is 0 Å². The average molecular weight is 284 g/mol. The summed E-state index contributed by atoms with van der Waals surface area (Å²) in [5, 5.41) is 4.52. The molecule has 1 saturated carbocycles. The first-order valence-electron chi connectivity index (χ1n) is 6.09. The molecule has 2 amide bonds. The predicted molar refractivity (Wildman–Crippen MR) is 65.2 cm³/mol. The van der Waals surface area contributed by atoms with Gasteiger partial charge in [0.2, 0.25) is 5.91 Å². The van der Waals surface area contributed by atoms with Gasteiger partial charge in [-0.15, -0.1) is 0 Å². The van der Waals surface area contributed by atoms with Crippen LogP contribution >= 0.6 is 0 Å². The molecule has 2 aliphatic rings. The Morgan fingerprint density at radius 1 is 1.45 bits per heavy atom. The first-order valence-corrected chi connectivity index (χ1v) is 6.09. The Labute approximate surface area is 112 Å². The van der Waals surface area contributed by atoms with Crippen molar-refractivity contribution in [3.8, 4) is 0 Å². The van der Waals surface area contributed by atoms with Gasteiger partial charge in [0, 0.05) is 11.4 Å². The number of benzene rings is 1. The molecule has 1 aliphatic heterocycles. The van der Waals surface area contributed by atoms with Gasteiger partial charge in [0.25, 0.3) is 0 Å². The summed E-state index contributed by atoms with van der Waals surface area (Å²) in [6.45, 7) is 1.91. The highest BCUT2D eigenvalue weighted by Gasteiger charge is 2.62. The summed E-state index contributed by atoms with van der Waals surface area (Å²) in [7, 11) is 0. The van der Waals surface area contributed by atoms with Crippen molar-refractivity contribution >= 4 is 23.2 Å². The SMILES string of the molecule is CC1CC12C(=O)Nc1ccc(NC(=O)C(F)(F)F)cc12. The highest BCUT2D eigenvalue weighted by Crippen LogP contribution is 2.60. The van der Waals surface area contributed by atoms with Crippen LogP contribution in [0.1, 0.15) is 18.9 Å². The van der Waals surface area contributed by atoms with Crippen LogP contribution in [0.3, 0.4) is 0 Å². The van der Waals surface area contributed by atoms with Gasteiger partial charge in [-0.1, -0.05) is 6.92 Å². The molecular weight excluding hydrogens is 273 g/mol. The number of fused-ring (bicyclic) bond motifs is 2. The summed E-state index contributed by atoms with van der Waals surface area (Å²) in [6, 6.07) is 4.30. The Morgan fingerprint density at radius 2 is 2.10 bits per heavy atom. The van der Waals surface area contributed by atoms with E-state index >= 15 is 0 Å². The van der Waals surface area contributed by atoms with Crippen molar-refractivity contribution in [1.82, 2.24) is 0 Å². The van der Waals surface area contributed by atoms with Crippen LogP contribution in [-0.4, -0.2) is 18.0 Å². The van der Waals surface area contributed by atoms with Crippen LogP contribution < -0.4 is 10.6 Å². The van der Waals surface area contributed by atoms with Gasteiger partial charge in [-0.3, -0.25) is 9.59 Å². The summed E-state index contributed by atoms with van der Waals surface area (Å²) in [5.74, 6) is -2.00. The number of hydrogen-bond donors (Lipinski definition) is 2. The zero-order valence-corrected chi connectivity index (χ0v) is 10.5. The molecule has 0 aromatic heterocycles. The van der Waals surface area contributed by atoms with E-state index in [4.69, 9.17) is 0 Å². The van der Waals surface area contributed by atoms with Gasteiger partial charge in [-0.05, 0) is 36.1 Å². The Hall–Kier alpha value is -2.05. The summed E-state index contributed by atoms with van der Waals surface area (Å²) < 4.78 is 36.7. The molecule has 1 spiro atoms. The van der Waals surface area contributed by atoms with Gasteiger partial charge >= 0.3 is 12.1 Å². The van der Waals surface area contributed by atoms with E-state index in [9.17, 15) is 22.8 Å². The molecule has 0 saturated heterocycles. The molecule has 106 valence electrons. The molecule has 1 aromatic rings. The van der Waals surface area contributed by atoms with Gasteiger partial charge in [0.1, 0.15) is 0 Å². The lowest BCUT2D eigenvalue weighted by Gasteiger charge is -2.11. The molecule has 2 atom stereocenters. The van der Waals surface area contributed by atoms with Crippen molar-refractivity contribution in [2.45, 2.75) is 24.9 Å². The van der Waals surface area contributed by atoms with Gasteiger partial charge in [-0.2, -0.15) is 13.2 Å². The van der Waals surface area contributed by atoms with Crippen molar-refractivity contribution in [2.24, 2.45) is 5.92 Å². The molecular formula is C13H11F3N2O2. The second-order valence-electron chi connectivity index (χ2n) is 5.24. The fourth-order valence-electron chi connectivity index (χ4n) is 2.77. The maximum atomic E-state index is 12.2. The van der Waals surface area contributed by atoms with Crippen molar-refractivity contribution < 1.29 is 22.8 Å². The first kappa shape index (κ1) is 13.0. The molecule has 3 rings (SSSR count). The molecule has 0 bridgehead atoms. The molecule has 20 heavy (non-hydrogen) atoms. The number of hydrogen-bond acceptors (Lipinski definition) is 2. The Balaban J connectivity index is 1.92. The molecule has 1 aromatic carbocycles. The number of alkyl halides is 3. The van der Waals surface area contributed by atoms with E-state index in [1.54, 1.807) is 5.32 Å². The van der Waals surface area contributed by atoms with Crippen LogP contribution in [0.4, 0.5) is 24.5 Å². The normalized spacial score (nSPS) is 27.2. The lowest BCUT2D eigenvalue weighted by atomic mass is 9.95. The Kier molecular flexibility index (Phi) is 2.42. The number of halogens is 3. The zero-order valence-electron chi connectivity index (χ0n) is 10.5. The van der Waals surface area contributed by atoms with Crippen molar-refractivity contribution in [1.29, 1.82) is 0 Å². The fraction of sp³-hybridized carbons (Fsp3) is 0.385. The Bertz CT molecular complexity index is 627. The number of amides is 2. The van der Waals surface area contributed by atoms with E-state index in [0.717, 1.165) is 0 Å². The van der Waals surface area contributed by atoms with Crippen LogP contribution in [0.15, 0.2) is 18.2 Å². The molecule has 1 aliphatic carbocycles. The van der Waals surface area contributed by atoms with E-state index in [2.05, 4.69) is 5.32 Å². The number of carbonyl (C=O) groups is 2. The number of anilines is 2. The van der Waals surface area contributed by atoms with Crippen molar-refractivity contribution in [3.63, 3.8) is 0 Å². The van der Waals surface area contributed by atoms with E-state index in [0.29, 0.717) is 17.7 Å². The fourth-order valence-corrected chi connectivity index (χ4v) is 2.77. The van der Waals surface area contributed by atoms with E-state index in [1.165, 1.54) is 18.2 Å². The standard InChI is InChI=1S/C13H11F3N2O2/c1-6-5-12(6)8-4-7(17-11(20)13(14,15)16)2-3-9(8)18-10(12)19/h2-4,6H,5H2,1H3,(H,17,20)(H,18,19). The molecule has 7 heteroatoms. The topological polar surface area (TPSA) is 58.2 Å². The van der Waals surface area contributed by atoms with E-state index in [1.807, 2.05) is 6.92 Å². The van der Waals surface area contributed by atoms with Crippen LogP contribution in [0.2, 0.25) is 0 Å². The van der Waals surface area contributed by atoms with Crippen LogP contribution in [0.5, 0.6) is 0 Å². The van der Waals surface area contributed by atoms with Crippen LogP contribution in [0, 0.1) is 5.92 Å². The lowest BCUT2D eigenvalue weighted by Crippen LogP contribution is -2.30. The second kappa shape index (κ2) is 3.74. The highest BCUT2D eigenvalue weighted by atomic mass is 19.4. The van der Waals surface area contributed by atoms with Crippen LogP contribution in [0.25, 0.3) is 0 Å². The predicted octanol–water partition coefficient (Wildman–Crippen LogP) is 2.42. The third kappa shape index (κ3) is 1.69. The third-order valence-corrected chi connectivity index (χ3v) is 3.98. The minimum absolute atomic E-state index is 0.0426. The van der Waals surface area contributed by atoms with Gasteiger partial charge in [0.05, 0.1) is 5.41 Å². The third-order valence-electron chi connectivity index (χ3n) is 3.98. The lowest BCUT2D eigenvalue weighted by molar-refractivity contribution is -0.167. The molecule has 1 fully saturated rings. The molecule has 4 nitrogen and oxygen atoms in total. The quantitative estimate of drug-likeness (QED) is 0.832. The van der Waals surface area contributed by atoms with Crippen LogP contribution in [-0.2, 0) is 15.0 Å². The monoisotopic (exact) mass is 284 g/mol. The number of nitrogens with one attached hydrogen (secondary N) is 2. The Morgan fingerprint density at radius 3 is 2.65 bits per heavy atom. The largest absolute Gasteiger partial charge is 0.471 e. The molecule has 1 heterocycles. The van der Waals surface area contributed by atoms with E-state index in [-0.39, 0.29) is 17.5 Å². The number of carbonyl (C=O) groups excluding carboxylic acids is 2. The molecule has 2 N–H and O–H groups in total. The molecule has 0 radical (unpaired) electrons. The summed E-state index contributed by atoms with van der Waals surface area (Å²) in [6.07, 6.45) is -4.26. The maximum Gasteiger partial charge on any atom is 0.471 e. The summed E-state index contributed by atoms with van der Waals surface area (Å²) >= 11 is 0. The smallest absolute Gasteiger partial charge is 0.325 e. The van der Waals surface area contributed by atoms with Crippen molar-refractivity contribution in [3.05, 3.63) is 23.8 Å². The maximum absolute atomic E-state index is 12.2. The van der Waals surface area contributed by atoms with Crippen molar-refractivity contribution in [2.75, 3.05) is 10.6 Å².